The Hall–Kier alpha value is 0.0949. The van der Waals surface area contributed by atoms with Crippen molar-refractivity contribution in [2.24, 2.45) is 0 Å². The van der Waals surface area contributed by atoms with Crippen molar-refractivity contribution in [1.82, 2.24) is 0 Å². The average Bonchev–Trinajstić information content (AvgIpc) is 2.41. The van der Waals surface area contributed by atoms with E-state index in [9.17, 15) is 9.46 Å². The molecule has 5 atom stereocenters. The van der Waals surface area contributed by atoms with Crippen LogP contribution in [0.25, 0.3) is 0 Å². The van der Waals surface area contributed by atoms with Gasteiger partial charge in [0, 0.05) is 26.9 Å². The Balaban J connectivity index is 2.75. The van der Waals surface area contributed by atoms with Crippen LogP contribution in [-0.4, -0.2) is 64.5 Å². The first-order chi connectivity index (χ1) is 7.39. The summed E-state index contributed by atoms with van der Waals surface area (Å²) in [6, 6.07) is -0.693. The van der Waals surface area contributed by atoms with E-state index in [1.165, 1.54) is 14.2 Å². The fraction of sp³-hybridized carbons (Fsp3) is 1.00. The molecule has 1 aliphatic rings. The highest BCUT2D eigenvalue weighted by atomic mass is 31.2. The summed E-state index contributed by atoms with van der Waals surface area (Å²) in [6.07, 6.45) is -1.80. The third-order valence-electron chi connectivity index (χ3n) is 2.27. The van der Waals surface area contributed by atoms with Crippen LogP contribution >= 0.6 is 7.60 Å². The van der Waals surface area contributed by atoms with Crippen molar-refractivity contribution in [3.05, 3.63) is 0 Å². The molecule has 92 valence electrons. The zero-order chi connectivity index (χ0) is 12.3. The summed E-state index contributed by atoms with van der Waals surface area (Å²) in [5, 5.41) is 0. The zero-order valence-corrected chi connectivity index (χ0v) is 10.4. The van der Waals surface area contributed by atoms with Gasteiger partial charge in [-0.15, -0.1) is 0 Å². The van der Waals surface area contributed by atoms with Gasteiger partial charge in [-0.3, -0.25) is 9.09 Å². The van der Waals surface area contributed by atoms with Crippen LogP contribution < -0.4 is 0 Å². The molecule has 8 heteroatoms. The quantitative estimate of drug-likeness (QED) is 0.535. The van der Waals surface area contributed by atoms with Gasteiger partial charge in [0.1, 0.15) is 26.2 Å². The van der Waals surface area contributed by atoms with E-state index in [1.807, 2.05) is 0 Å². The van der Waals surface area contributed by atoms with Gasteiger partial charge in [-0.25, -0.2) is 0 Å². The number of methoxy groups -OCH3 is 2. The second kappa shape index (κ2) is 5.62. The maximum absolute atomic E-state index is 11.2. The molecule has 0 saturated carbocycles. The fourth-order valence-electron chi connectivity index (χ4n) is 1.68. The van der Waals surface area contributed by atoms with E-state index >= 15 is 0 Å². The maximum atomic E-state index is 11.2. The Morgan fingerprint density at radius 2 is 2.06 bits per heavy atom. The fourth-order valence-corrected chi connectivity index (χ4v) is 2.38. The van der Waals surface area contributed by atoms with Crippen LogP contribution in [0, 0.1) is 0 Å². The summed E-state index contributed by atoms with van der Waals surface area (Å²) in [5.74, 6) is 0. The van der Waals surface area contributed by atoms with Gasteiger partial charge in [-0.1, -0.05) is 0 Å². The van der Waals surface area contributed by atoms with Crippen molar-refractivity contribution in [3.8, 4) is 0 Å². The molecule has 1 N–H and O–H groups in total. The van der Waals surface area contributed by atoms with E-state index in [4.69, 9.17) is 26.6 Å². The molecule has 6 nitrogen and oxygen atoms in total. The summed E-state index contributed by atoms with van der Waals surface area (Å²) < 4.78 is 31.6. The normalized spacial score (nSPS) is 38.5. The molecule has 3 unspecified atom stereocenters. The van der Waals surface area contributed by atoms with Crippen molar-refractivity contribution in [2.75, 3.05) is 27.5 Å². The molecule has 0 spiro atoms. The van der Waals surface area contributed by atoms with Crippen molar-refractivity contribution in [2.45, 2.75) is 24.3 Å². The van der Waals surface area contributed by atoms with E-state index in [2.05, 4.69) is 0 Å². The van der Waals surface area contributed by atoms with Crippen LogP contribution in [0.4, 0.5) is 0 Å². The van der Waals surface area contributed by atoms with Gasteiger partial charge in [0.25, 0.3) is 0 Å². The number of rotatable bonds is 5. The van der Waals surface area contributed by atoms with Crippen LogP contribution in [0.3, 0.4) is 0 Å². The Labute approximate surface area is 96.2 Å². The minimum absolute atomic E-state index is 0.220. The van der Waals surface area contributed by atoms with Crippen LogP contribution in [0.2, 0.25) is 0 Å². The number of ether oxygens (including phenoxy) is 3. The molecule has 1 heterocycles. The van der Waals surface area contributed by atoms with E-state index in [1.54, 1.807) is 0 Å². The molecule has 0 aromatic carbocycles. The molecule has 1 saturated heterocycles. The smallest absolute Gasteiger partial charge is 0.325 e. The highest BCUT2D eigenvalue weighted by molar-refractivity contribution is 7.51. The summed E-state index contributed by atoms with van der Waals surface area (Å²) >= 11 is 0. The van der Waals surface area contributed by atoms with Gasteiger partial charge in [-0.05, 0) is 0 Å². The molecule has 16 heavy (non-hydrogen) atoms. The molecular weight excluding hydrogens is 234 g/mol. The first kappa shape index (κ1) is 14.2. The monoisotopic (exact) mass is 250 g/mol. The molecule has 0 aromatic rings. The average molecular weight is 250 g/mol. The number of hydrogen-bond donors (Lipinski definition) is 1. The van der Waals surface area contributed by atoms with Crippen LogP contribution in [0.1, 0.15) is 0 Å². The highest BCUT2D eigenvalue weighted by Gasteiger charge is 2.45. The predicted octanol–water partition coefficient (Wildman–Crippen LogP) is -0.258. The highest BCUT2D eigenvalue weighted by Crippen LogP contribution is 2.42. The Kier molecular flexibility index (Phi) is 4.97. The van der Waals surface area contributed by atoms with E-state index in [0.29, 0.717) is 0 Å². The lowest BCUT2D eigenvalue weighted by Crippen LogP contribution is -2.37. The molecule has 0 aromatic heterocycles. The van der Waals surface area contributed by atoms with E-state index in [-0.39, 0.29) is 6.61 Å². The molecule has 1 rings (SSSR count). The predicted molar refractivity (Wildman–Crippen MR) is 57.7 cm³/mol. The summed E-state index contributed by atoms with van der Waals surface area (Å²) in [7, 11) is 4.98. The van der Waals surface area contributed by atoms with Gasteiger partial charge in [0.15, 0.2) is 0 Å². The molecule has 1 aliphatic heterocycles. The number of hydrogen-bond acceptors (Lipinski definition) is 5. The molecule has 0 amide bonds. The van der Waals surface area contributed by atoms with Gasteiger partial charge >= 0.3 is 7.60 Å². The van der Waals surface area contributed by atoms with Crippen molar-refractivity contribution >= 4 is 15.4 Å². The van der Waals surface area contributed by atoms with E-state index in [0.717, 1.165) is 6.66 Å². The topological polar surface area (TPSA) is 74.2 Å². The Bertz CT molecular complexity index is 269. The van der Waals surface area contributed by atoms with Crippen LogP contribution in [0.15, 0.2) is 0 Å². The van der Waals surface area contributed by atoms with Gasteiger partial charge in [-0.2, -0.15) is 0 Å². The molecular formula is C8H16BO6P. The van der Waals surface area contributed by atoms with Crippen LogP contribution in [-0.2, 0) is 23.3 Å². The summed E-state index contributed by atoms with van der Waals surface area (Å²) in [6.45, 7) is 1.33. The lowest BCUT2D eigenvalue weighted by atomic mass is 9.93. The van der Waals surface area contributed by atoms with Gasteiger partial charge in [0.05, 0.1) is 6.61 Å². The largest absolute Gasteiger partial charge is 0.382 e. The zero-order valence-electron chi connectivity index (χ0n) is 9.53. The maximum Gasteiger partial charge on any atom is 0.325 e. The SMILES string of the molecule is [B][C@@H]1O[C@H](COC)C(OP(C)(=O)O)C1OC. The lowest BCUT2D eigenvalue weighted by Gasteiger charge is -2.23. The van der Waals surface area contributed by atoms with E-state index < -0.39 is 31.9 Å². The molecule has 0 bridgehead atoms. The van der Waals surface area contributed by atoms with Crippen molar-refractivity contribution in [3.63, 3.8) is 0 Å². The van der Waals surface area contributed by atoms with Gasteiger partial charge < -0.3 is 19.1 Å². The Morgan fingerprint density at radius 3 is 2.50 bits per heavy atom. The van der Waals surface area contributed by atoms with Gasteiger partial charge in [0.2, 0.25) is 0 Å². The molecule has 0 aliphatic carbocycles. The first-order valence-corrected chi connectivity index (χ1v) is 6.83. The standard InChI is InChI=1S/C8H16BO6P/c1-12-4-5-6(15-16(3,10)11)7(13-2)8(9)14-5/h5-8H,4H2,1-3H3,(H,10,11)/t5-,6?,7?,8-/m1/s1. The van der Waals surface area contributed by atoms with Crippen molar-refractivity contribution in [1.29, 1.82) is 0 Å². The Morgan fingerprint density at radius 1 is 1.44 bits per heavy atom. The molecule has 1 fully saturated rings. The minimum Gasteiger partial charge on any atom is -0.382 e. The third kappa shape index (κ3) is 3.55. The van der Waals surface area contributed by atoms with Crippen molar-refractivity contribution < 1.29 is 28.2 Å². The summed E-state index contributed by atoms with van der Waals surface area (Å²) in [5.41, 5.74) is 0. The summed E-state index contributed by atoms with van der Waals surface area (Å²) in [4.78, 5) is 9.20. The third-order valence-corrected chi connectivity index (χ3v) is 2.90. The lowest BCUT2D eigenvalue weighted by molar-refractivity contribution is -0.0165. The minimum atomic E-state index is -3.62. The second-order valence-corrected chi connectivity index (χ2v) is 5.48. The van der Waals surface area contributed by atoms with Crippen LogP contribution in [0.5, 0.6) is 0 Å². The second-order valence-electron chi connectivity index (χ2n) is 3.67. The molecule has 2 radical (unpaired) electrons. The first-order valence-electron chi connectivity index (χ1n) is 4.80.